The minimum atomic E-state index is -0.954. The van der Waals surface area contributed by atoms with Gasteiger partial charge in [-0.05, 0) is 6.42 Å². The van der Waals surface area contributed by atoms with E-state index in [4.69, 9.17) is 20.4 Å². The van der Waals surface area contributed by atoms with Gasteiger partial charge in [0.25, 0.3) is 0 Å². The average Bonchev–Trinajstić information content (AvgIpc) is 2.04. The number of hydrogen-bond donors (Lipinski definition) is 4. The van der Waals surface area contributed by atoms with E-state index in [2.05, 4.69) is 0 Å². The van der Waals surface area contributed by atoms with E-state index in [-0.39, 0.29) is 39.1 Å². The SMILES string of the molecule is CCCC(=O)O.OCC(O)CO.[H-].[H-].[Mg+2]. The van der Waals surface area contributed by atoms with Gasteiger partial charge in [-0.25, -0.2) is 0 Å². The van der Waals surface area contributed by atoms with Gasteiger partial charge >= 0.3 is 29.0 Å². The maximum absolute atomic E-state index is 9.60. The van der Waals surface area contributed by atoms with Crippen molar-refractivity contribution in [1.29, 1.82) is 0 Å². The Hall–Kier alpha value is 0.116. The summed E-state index contributed by atoms with van der Waals surface area (Å²) in [7, 11) is 0. The summed E-state index contributed by atoms with van der Waals surface area (Å²) < 4.78 is 0. The minimum Gasteiger partial charge on any atom is -1.00 e. The molecule has 0 aromatic carbocycles. The van der Waals surface area contributed by atoms with E-state index >= 15 is 0 Å². The van der Waals surface area contributed by atoms with Gasteiger partial charge in [0.1, 0.15) is 6.10 Å². The second-order valence-corrected chi connectivity index (χ2v) is 2.16. The third-order valence-corrected chi connectivity index (χ3v) is 0.885. The molecule has 0 spiro atoms. The molecule has 5 nitrogen and oxygen atoms in total. The molecular weight excluding hydrogens is 188 g/mol. The Bertz CT molecular complexity index is 114. The van der Waals surface area contributed by atoms with E-state index in [0.717, 1.165) is 6.42 Å². The molecule has 0 bridgehead atoms. The Balaban J connectivity index is -0.0000000370. The van der Waals surface area contributed by atoms with Crippen molar-refractivity contribution in [3.63, 3.8) is 0 Å². The summed E-state index contributed by atoms with van der Waals surface area (Å²) in [6.07, 6.45) is 0.0694. The fourth-order valence-electron chi connectivity index (χ4n) is 0.272. The molecule has 0 saturated carbocycles. The molecule has 6 heteroatoms. The van der Waals surface area contributed by atoms with Gasteiger partial charge in [-0.15, -0.1) is 0 Å². The normalized spacial score (nSPS) is 8.38. The molecule has 0 aromatic heterocycles. The zero-order chi connectivity index (χ0) is 9.98. The van der Waals surface area contributed by atoms with Crippen LogP contribution >= 0.6 is 0 Å². The fraction of sp³-hybridized carbons (Fsp3) is 0.857. The van der Waals surface area contributed by atoms with Gasteiger partial charge in [0.2, 0.25) is 0 Å². The molecule has 0 aromatic rings. The van der Waals surface area contributed by atoms with E-state index in [9.17, 15) is 4.79 Å². The number of carboxylic acids is 1. The van der Waals surface area contributed by atoms with E-state index < -0.39 is 12.1 Å². The average molecular weight is 207 g/mol. The molecule has 0 aliphatic rings. The molecule has 4 N–H and O–H groups in total. The molecule has 0 amide bonds. The first kappa shape index (κ1) is 18.8. The molecule has 0 radical (unpaired) electrons. The molecular formula is C7H18MgO5. The quantitative estimate of drug-likeness (QED) is 0.445. The molecule has 13 heavy (non-hydrogen) atoms. The first-order chi connectivity index (χ1) is 5.58. The predicted molar refractivity (Wildman–Crippen MR) is 50.7 cm³/mol. The van der Waals surface area contributed by atoms with Crippen LogP contribution in [0.3, 0.4) is 0 Å². The summed E-state index contributed by atoms with van der Waals surface area (Å²) >= 11 is 0. The van der Waals surface area contributed by atoms with E-state index in [1.807, 2.05) is 6.92 Å². The Kier molecular flexibility index (Phi) is 21.2. The van der Waals surface area contributed by atoms with E-state index in [0.29, 0.717) is 6.42 Å². The number of aliphatic hydroxyl groups excluding tert-OH is 3. The number of aliphatic carboxylic acids is 1. The van der Waals surface area contributed by atoms with Crippen molar-refractivity contribution >= 4 is 29.0 Å². The largest absolute Gasteiger partial charge is 2.00 e. The predicted octanol–water partition coefficient (Wildman–Crippen LogP) is -0.953. The van der Waals surface area contributed by atoms with Gasteiger partial charge in [0, 0.05) is 6.42 Å². The second kappa shape index (κ2) is 14.6. The molecule has 0 rings (SSSR count). The molecule has 0 saturated heterocycles. The summed E-state index contributed by atoms with van der Waals surface area (Å²) in [5, 5.41) is 31.9. The first-order valence-corrected chi connectivity index (χ1v) is 3.70. The van der Waals surface area contributed by atoms with Crippen LogP contribution in [-0.2, 0) is 4.79 Å². The minimum absolute atomic E-state index is 0. The third kappa shape index (κ3) is 24.5. The Labute approximate surface area is 96.5 Å². The topological polar surface area (TPSA) is 98.0 Å². The maximum Gasteiger partial charge on any atom is 2.00 e. The van der Waals surface area contributed by atoms with Crippen molar-refractivity contribution in [2.45, 2.75) is 25.9 Å². The van der Waals surface area contributed by atoms with E-state index in [1.54, 1.807) is 0 Å². The van der Waals surface area contributed by atoms with Gasteiger partial charge in [-0.3, -0.25) is 4.79 Å². The van der Waals surface area contributed by atoms with Gasteiger partial charge in [0.05, 0.1) is 13.2 Å². The molecule has 0 unspecified atom stereocenters. The summed E-state index contributed by atoms with van der Waals surface area (Å²) in [5.74, 6) is -0.711. The number of hydrogen-bond acceptors (Lipinski definition) is 4. The molecule has 0 heterocycles. The van der Waals surface area contributed by atoms with Crippen LogP contribution in [-0.4, -0.2) is 68.8 Å². The zero-order valence-corrected chi connectivity index (χ0v) is 9.22. The van der Waals surface area contributed by atoms with Crippen molar-refractivity contribution in [3.8, 4) is 0 Å². The van der Waals surface area contributed by atoms with Gasteiger partial charge < -0.3 is 23.3 Å². The number of aliphatic hydroxyl groups is 3. The third-order valence-electron chi connectivity index (χ3n) is 0.885. The second-order valence-electron chi connectivity index (χ2n) is 2.16. The molecule has 0 aliphatic heterocycles. The smallest absolute Gasteiger partial charge is 1.00 e. The van der Waals surface area contributed by atoms with Crippen LogP contribution in [0.5, 0.6) is 0 Å². The van der Waals surface area contributed by atoms with Crippen LogP contribution < -0.4 is 0 Å². The van der Waals surface area contributed by atoms with Crippen molar-refractivity contribution in [2.24, 2.45) is 0 Å². The van der Waals surface area contributed by atoms with Crippen LogP contribution in [0.1, 0.15) is 22.6 Å². The fourth-order valence-corrected chi connectivity index (χ4v) is 0.272. The monoisotopic (exact) mass is 206 g/mol. The Morgan fingerprint density at radius 2 is 1.77 bits per heavy atom. The van der Waals surface area contributed by atoms with Gasteiger partial charge in [-0.1, -0.05) is 6.92 Å². The summed E-state index contributed by atoms with van der Waals surface area (Å²) in [4.78, 5) is 9.60. The van der Waals surface area contributed by atoms with Crippen molar-refractivity contribution in [1.82, 2.24) is 0 Å². The van der Waals surface area contributed by atoms with Crippen LogP contribution in [0.4, 0.5) is 0 Å². The van der Waals surface area contributed by atoms with Crippen LogP contribution in [0.15, 0.2) is 0 Å². The van der Waals surface area contributed by atoms with E-state index in [1.165, 1.54) is 0 Å². The van der Waals surface area contributed by atoms with Gasteiger partial charge in [-0.2, -0.15) is 0 Å². The molecule has 0 aliphatic carbocycles. The summed E-state index contributed by atoms with van der Waals surface area (Å²) in [6.45, 7) is 1.11. The molecule has 0 atom stereocenters. The van der Waals surface area contributed by atoms with Gasteiger partial charge in [0.15, 0.2) is 0 Å². The number of carbonyl (C=O) groups is 1. The molecule has 78 valence electrons. The zero-order valence-electron chi connectivity index (χ0n) is 9.81. The maximum atomic E-state index is 9.60. The summed E-state index contributed by atoms with van der Waals surface area (Å²) in [6, 6.07) is 0. The standard InChI is InChI=1S/C4H8O2.C3H8O3.Mg.2H/c1-2-3-4(5)6;4-1-3(6)2-5;;;/h2-3H2,1H3,(H,5,6);3-6H,1-2H2;;;/q;;+2;2*-1. The Morgan fingerprint density at radius 3 is 1.77 bits per heavy atom. The number of rotatable bonds is 4. The first-order valence-electron chi connectivity index (χ1n) is 3.70. The van der Waals surface area contributed by atoms with Crippen molar-refractivity contribution in [3.05, 3.63) is 0 Å². The van der Waals surface area contributed by atoms with Crippen molar-refractivity contribution in [2.75, 3.05) is 13.2 Å². The van der Waals surface area contributed by atoms with Crippen molar-refractivity contribution < 1.29 is 28.1 Å². The number of carboxylic acid groups (broad SMARTS) is 1. The van der Waals surface area contributed by atoms with Crippen LogP contribution in [0.2, 0.25) is 0 Å². The molecule has 0 fully saturated rings. The summed E-state index contributed by atoms with van der Waals surface area (Å²) in [5.41, 5.74) is 0. The Morgan fingerprint density at radius 1 is 1.38 bits per heavy atom. The van der Waals surface area contributed by atoms with Crippen LogP contribution in [0, 0.1) is 0 Å². The van der Waals surface area contributed by atoms with Crippen LogP contribution in [0.25, 0.3) is 0 Å².